The number of hydrogen-bond donors (Lipinski definition) is 1. The lowest BCUT2D eigenvalue weighted by Gasteiger charge is -2.31. The summed E-state index contributed by atoms with van der Waals surface area (Å²) < 4.78 is 12.9. The molecule has 1 N–H and O–H groups in total. The Kier molecular flexibility index (Phi) is 7.40. The smallest absolute Gasteiger partial charge is 0.234 e. The number of nitrogens with one attached hydrogen (secondary N) is 1. The van der Waals surface area contributed by atoms with Gasteiger partial charge in [-0.2, -0.15) is 0 Å². The van der Waals surface area contributed by atoms with Crippen molar-refractivity contribution in [3.8, 4) is 0 Å². The zero-order valence-electron chi connectivity index (χ0n) is 15.9. The Morgan fingerprint density at radius 2 is 1.63 bits per heavy atom. The summed E-state index contributed by atoms with van der Waals surface area (Å²) in [5.74, 6) is 0.623. The Labute approximate surface area is 161 Å². The molecule has 1 saturated heterocycles. The van der Waals surface area contributed by atoms with Gasteiger partial charge >= 0.3 is 0 Å². The van der Waals surface area contributed by atoms with Gasteiger partial charge in [0.1, 0.15) is 5.82 Å². The molecule has 0 unspecified atom stereocenters. The summed E-state index contributed by atoms with van der Waals surface area (Å²) in [6.07, 6.45) is 5.47. The molecule has 2 aromatic carbocycles. The molecule has 4 heteroatoms. The Morgan fingerprint density at radius 1 is 0.963 bits per heavy atom. The van der Waals surface area contributed by atoms with Crippen molar-refractivity contribution in [1.29, 1.82) is 0 Å². The van der Waals surface area contributed by atoms with Crippen LogP contribution in [0.5, 0.6) is 0 Å². The van der Waals surface area contributed by atoms with Crippen LogP contribution >= 0.6 is 0 Å². The van der Waals surface area contributed by atoms with Gasteiger partial charge in [-0.05, 0) is 74.4 Å². The van der Waals surface area contributed by atoms with E-state index in [0.29, 0.717) is 13.1 Å². The van der Waals surface area contributed by atoms with E-state index in [2.05, 4.69) is 40.5 Å². The molecule has 1 aliphatic heterocycles. The van der Waals surface area contributed by atoms with Crippen LogP contribution in [0.2, 0.25) is 0 Å². The van der Waals surface area contributed by atoms with Gasteiger partial charge in [0, 0.05) is 6.54 Å². The minimum absolute atomic E-state index is 0.0832. The second-order valence-corrected chi connectivity index (χ2v) is 7.47. The van der Waals surface area contributed by atoms with Crippen molar-refractivity contribution < 1.29 is 9.18 Å². The summed E-state index contributed by atoms with van der Waals surface area (Å²) in [6.45, 7) is 3.09. The maximum atomic E-state index is 12.9. The van der Waals surface area contributed by atoms with Gasteiger partial charge in [-0.15, -0.1) is 0 Å². The van der Waals surface area contributed by atoms with E-state index in [-0.39, 0.29) is 11.7 Å². The van der Waals surface area contributed by atoms with E-state index in [4.69, 9.17) is 0 Å². The quantitative estimate of drug-likeness (QED) is 0.768. The Bertz CT molecular complexity index is 694. The van der Waals surface area contributed by atoms with Crippen molar-refractivity contribution in [3.05, 3.63) is 71.5 Å². The Balaban J connectivity index is 1.29. The highest BCUT2D eigenvalue weighted by molar-refractivity contribution is 5.78. The minimum Gasteiger partial charge on any atom is -0.355 e. The van der Waals surface area contributed by atoms with Crippen molar-refractivity contribution >= 4 is 5.91 Å². The summed E-state index contributed by atoms with van der Waals surface area (Å²) in [7, 11) is 0. The molecule has 1 amide bonds. The molecule has 0 bridgehead atoms. The van der Waals surface area contributed by atoms with Crippen LogP contribution < -0.4 is 5.32 Å². The lowest BCUT2D eigenvalue weighted by molar-refractivity contribution is -0.122. The second kappa shape index (κ2) is 10.2. The fourth-order valence-electron chi connectivity index (χ4n) is 3.71. The molecule has 3 nitrogen and oxygen atoms in total. The standard InChI is InChI=1S/C23H29FN2O/c24-22-10-8-20(9-11-22)12-15-25-23(27)18-26-16-13-21(14-17-26)7-6-19-4-2-1-3-5-19/h1-5,8-11,21H,6-7,12-18H2,(H,25,27). The molecule has 3 rings (SSSR count). The third-order valence-electron chi connectivity index (χ3n) is 5.41. The number of amides is 1. The number of carbonyl (C=O) groups is 1. The summed E-state index contributed by atoms with van der Waals surface area (Å²) in [4.78, 5) is 14.4. The fraction of sp³-hybridized carbons (Fsp3) is 0.435. The third kappa shape index (κ3) is 6.79. The molecule has 27 heavy (non-hydrogen) atoms. The van der Waals surface area contributed by atoms with Crippen molar-refractivity contribution in [2.75, 3.05) is 26.2 Å². The van der Waals surface area contributed by atoms with Crippen LogP contribution in [0.15, 0.2) is 54.6 Å². The van der Waals surface area contributed by atoms with Crippen LogP contribution in [0.1, 0.15) is 30.4 Å². The fourth-order valence-corrected chi connectivity index (χ4v) is 3.71. The minimum atomic E-state index is -0.227. The van der Waals surface area contributed by atoms with Crippen molar-refractivity contribution in [3.63, 3.8) is 0 Å². The van der Waals surface area contributed by atoms with E-state index in [0.717, 1.165) is 37.4 Å². The first-order valence-corrected chi connectivity index (χ1v) is 9.96. The Hall–Kier alpha value is -2.20. The van der Waals surface area contributed by atoms with Crippen molar-refractivity contribution in [1.82, 2.24) is 10.2 Å². The maximum Gasteiger partial charge on any atom is 0.234 e. The molecule has 0 aliphatic carbocycles. The van der Waals surface area contributed by atoms with E-state index in [9.17, 15) is 9.18 Å². The summed E-state index contributed by atoms with van der Waals surface area (Å²) in [5.41, 5.74) is 2.45. The second-order valence-electron chi connectivity index (χ2n) is 7.47. The largest absolute Gasteiger partial charge is 0.355 e. The SMILES string of the molecule is O=C(CN1CCC(CCc2ccccc2)CC1)NCCc1ccc(F)cc1. The lowest BCUT2D eigenvalue weighted by Crippen LogP contribution is -2.42. The highest BCUT2D eigenvalue weighted by Crippen LogP contribution is 2.22. The molecule has 1 heterocycles. The van der Waals surface area contributed by atoms with Crippen molar-refractivity contribution in [2.24, 2.45) is 5.92 Å². The first-order chi connectivity index (χ1) is 13.2. The summed E-state index contributed by atoms with van der Waals surface area (Å²) in [5, 5.41) is 2.98. The van der Waals surface area contributed by atoms with Crippen molar-refractivity contribution in [2.45, 2.75) is 32.1 Å². The zero-order valence-corrected chi connectivity index (χ0v) is 15.9. The number of rotatable bonds is 8. The predicted octanol–water partition coefficient (Wildman–Crippen LogP) is 3.83. The van der Waals surface area contributed by atoms with Crippen LogP contribution in [0.25, 0.3) is 0 Å². The number of benzene rings is 2. The number of piperidine rings is 1. The van der Waals surface area contributed by atoms with Gasteiger partial charge in [-0.1, -0.05) is 42.5 Å². The molecule has 0 atom stereocenters. The summed E-state index contributed by atoms with van der Waals surface area (Å²) >= 11 is 0. The average molecular weight is 368 g/mol. The Morgan fingerprint density at radius 3 is 2.33 bits per heavy atom. The highest BCUT2D eigenvalue weighted by Gasteiger charge is 2.20. The molecular weight excluding hydrogens is 339 g/mol. The lowest BCUT2D eigenvalue weighted by atomic mass is 9.90. The molecule has 0 spiro atoms. The number of aryl methyl sites for hydroxylation is 1. The van der Waals surface area contributed by atoms with E-state index < -0.39 is 0 Å². The van der Waals surface area contributed by atoms with Gasteiger partial charge in [0.15, 0.2) is 0 Å². The number of likely N-dealkylation sites (tertiary alicyclic amines) is 1. The van der Waals surface area contributed by atoms with Gasteiger partial charge < -0.3 is 5.32 Å². The van der Waals surface area contributed by atoms with Gasteiger partial charge in [-0.3, -0.25) is 9.69 Å². The molecule has 0 radical (unpaired) electrons. The van der Waals surface area contributed by atoms with Crippen LogP contribution in [0.3, 0.4) is 0 Å². The van der Waals surface area contributed by atoms with E-state index >= 15 is 0 Å². The van der Waals surface area contributed by atoms with Crippen LogP contribution in [-0.4, -0.2) is 37.0 Å². The molecule has 1 fully saturated rings. The number of carbonyl (C=O) groups excluding carboxylic acids is 1. The molecule has 0 saturated carbocycles. The van der Waals surface area contributed by atoms with Gasteiger partial charge in [0.05, 0.1) is 6.54 Å². The molecule has 2 aromatic rings. The van der Waals surface area contributed by atoms with Crippen LogP contribution in [-0.2, 0) is 17.6 Å². The molecular formula is C23H29FN2O. The average Bonchev–Trinajstić information content (AvgIpc) is 2.70. The van der Waals surface area contributed by atoms with Gasteiger partial charge in [0.2, 0.25) is 5.91 Å². The number of nitrogens with zero attached hydrogens (tertiary/aromatic N) is 1. The first kappa shape index (κ1) is 19.6. The summed E-state index contributed by atoms with van der Waals surface area (Å²) in [6, 6.07) is 17.1. The molecule has 1 aliphatic rings. The highest BCUT2D eigenvalue weighted by atomic mass is 19.1. The van der Waals surface area contributed by atoms with Crippen LogP contribution in [0, 0.1) is 11.7 Å². The van der Waals surface area contributed by atoms with E-state index in [1.165, 1.54) is 37.0 Å². The normalized spacial score (nSPS) is 15.6. The van der Waals surface area contributed by atoms with E-state index in [1.54, 1.807) is 12.1 Å². The number of halogens is 1. The molecule has 144 valence electrons. The zero-order chi connectivity index (χ0) is 18.9. The third-order valence-corrected chi connectivity index (χ3v) is 5.41. The first-order valence-electron chi connectivity index (χ1n) is 9.96. The van der Waals surface area contributed by atoms with Crippen LogP contribution in [0.4, 0.5) is 4.39 Å². The monoisotopic (exact) mass is 368 g/mol. The van der Waals surface area contributed by atoms with Gasteiger partial charge in [-0.25, -0.2) is 4.39 Å². The number of hydrogen-bond acceptors (Lipinski definition) is 2. The predicted molar refractivity (Wildman–Crippen MR) is 107 cm³/mol. The topological polar surface area (TPSA) is 32.3 Å². The maximum absolute atomic E-state index is 12.9. The van der Waals surface area contributed by atoms with E-state index in [1.807, 2.05) is 0 Å². The van der Waals surface area contributed by atoms with Gasteiger partial charge in [0.25, 0.3) is 0 Å². The molecule has 0 aromatic heterocycles.